The zero-order valence-electron chi connectivity index (χ0n) is 12.4. The molecule has 0 unspecified atom stereocenters. The lowest BCUT2D eigenvalue weighted by atomic mass is 10.1. The van der Waals surface area contributed by atoms with E-state index >= 15 is 0 Å². The highest BCUT2D eigenvalue weighted by molar-refractivity contribution is 8.27. The Balaban J connectivity index is 1.93. The van der Waals surface area contributed by atoms with Crippen LogP contribution in [0.5, 0.6) is 0 Å². The molecule has 0 aliphatic carbocycles. The maximum Gasteiger partial charge on any atom is 0.416 e. The molecule has 2 nitrogen and oxygen atoms in total. The molecule has 1 heterocycles. The van der Waals surface area contributed by atoms with Crippen LogP contribution in [0.15, 0.2) is 53.4 Å². The molecule has 1 fully saturated rings. The lowest BCUT2D eigenvalue weighted by Gasteiger charge is -2.16. The van der Waals surface area contributed by atoms with Crippen molar-refractivity contribution in [1.29, 1.82) is 0 Å². The zero-order valence-corrected chi connectivity index (χ0v) is 14.0. The first-order valence-corrected chi connectivity index (χ1v) is 8.19. The number of hydrogen-bond acceptors (Lipinski definition) is 3. The molecular weight excluding hydrogens is 374 g/mol. The van der Waals surface area contributed by atoms with E-state index in [1.807, 2.05) is 0 Å². The zero-order chi connectivity index (χ0) is 18.2. The maximum atomic E-state index is 12.9. The van der Waals surface area contributed by atoms with E-state index in [2.05, 4.69) is 0 Å². The van der Waals surface area contributed by atoms with Gasteiger partial charge in [0.15, 0.2) is 4.32 Å². The highest BCUT2D eigenvalue weighted by Gasteiger charge is 2.36. The highest BCUT2D eigenvalue weighted by Crippen LogP contribution is 2.38. The second-order valence-electron chi connectivity index (χ2n) is 5.12. The fourth-order valence-electron chi connectivity index (χ4n) is 2.22. The van der Waals surface area contributed by atoms with Crippen LogP contribution in [-0.2, 0) is 11.0 Å². The van der Waals surface area contributed by atoms with Gasteiger partial charge in [0.1, 0.15) is 5.82 Å². The number of anilines is 1. The van der Waals surface area contributed by atoms with E-state index in [1.54, 1.807) is 0 Å². The molecule has 0 atom stereocenters. The van der Waals surface area contributed by atoms with Gasteiger partial charge >= 0.3 is 6.18 Å². The fraction of sp³-hybridized carbons (Fsp3) is 0.0588. The molecule has 3 rings (SSSR count). The fourth-order valence-corrected chi connectivity index (χ4v) is 3.52. The van der Waals surface area contributed by atoms with Crippen LogP contribution in [0.2, 0.25) is 0 Å². The van der Waals surface area contributed by atoms with E-state index in [1.165, 1.54) is 42.5 Å². The normalized spacial score (nSPS) is 16.8. The SMILES string of the molecule is O=C1/C(=C\c2ccc(F)cc2)SC(=S)N1c1cccc(C(F)(F)F)c1. The summed E-state index contributed by atoms with van der Waals surface area (Å²) in [5.41, 5.74) is -0.215. The molecule has 1 aliphatic rings. The van der Waals surface area contributed by atoms with E-state index in [0.717, 1.165) is 28.8 Å². The van der Waals surface area contributed by atoms with Gasteiger partial charge in [0, 0.05) is 0 Å². The summed E-state index contributed by atoms with van der Waals surface area (Å²) < 4.78 is 51.7. The number of thioether (sulfide) groups is 1. The molecule has 1 amide bonds. The highest BCUT2D eigenvalue weighted by atomic mass is 32.2. The van der Waals surface area contributed by atoms with Crippen LogP contribution in [0.25, 0.3) is 6.08 Å². The van der Waals surface area contributed by atoms with Crippen LogP contribution in [0.3, 0.4) is 0 Å². The second kappa shape index (κ2) is 6.61. The Bertz CT molecular complexity index is 875. The van der Waals surface area contributed by atoms with E-state index in [0.29, 0.717) is 5.56 Å². The molecule has 2 aromatic rings. The summed E-state index contributed by atoms with van der Waals surface area (Å²) in [5, 5.41) is 0. The van der Waals surface area contributed by atoms with Gasteiger partial charge in [0.05, 0.1) is 16.2 Å². The van der Waals surface area contributed by atoms with Gasteiger partial charge in [-0.3, -0.25) is 9.69 Å². The number of benzene rings is 2. The average molecular weight is 383 g/mol. The Labute approximate surface area is 150 Å². The van der Waals surface area contributed by atoms with Gasteiger partial charge in [-0.1, -0.05) is 42.2 Å². The van der Waals surface area contributed by atoms with E-state index in [9.17, 15) is 22.4 Å². The number of alkyl halides is 3. The maximum absolute atomic E-state index is 12.9. The number of thiocarbonyl (C=S) groups is 1. The van der Waals surface area contributed by atoms with Crippen LogP contribution in [0, 0.1) is 5.82 Å². The first kappa shape index (κ1) is 17.6. The van der Waals surface area contributed by atoms with Crippen molar-refractivity contribution in [2.24, 2.45) is 0 Å². The molecule has 0 spiro atoms. The summed E-state index contributed by atoms with van der Waals surface area (Å²) in [6.07, 6.45) is -2.99. The number of halogens is 4. The standard InChI is InChI=1S/C17H9F4NOS2/c18-12-6-4-10(5-7-12)8-14-15(23)22(16(24)25-14)13-3-1-2-11(9-13)17(19,20)21/h1-9H/b14-8+. The number of nitrogens with zero attached hydrogens (tertiary/aromatic N) is 1. The molecule has 1 aliphatic heterocycles. The second-order valence-corrected chi connectivity index (χ2v) is 6.79. The van der Waals surface area contributed by atoms with Crippen LogP contribution < -0.4 is 4.90 Å². The summed E-state index contributed by atoms with van der Waals surface area (Å²) in [4.78, 5) is 13.9. The van der Waals surface area contributed by atoms with Gasteiger partial charge < -0.3 is 0 Å². The summed E-state index contributed by atoms with van der Waals surface area (Å²) >= 11 is 6.12. The number of rotatable bonds is 2. The molecule has 0 radical (unpaired) electrons. The Morgan fingerprint density at radius 3 is 2.40 bits per heavy atom. The van der Waals surface area contributed by atoms with E-state index < -0.39 is 23.5 Å². The Hall–Kier alpha value is -2.19. The Morgan fingerprint density at radius 2 is 1.76 bits per heavy atom. The van der Waals surface area contributed by atoms with E-state index in [4.69, 9.17) is 12.2 Å². The van der Waals surface area contributed by atoms with Gasteiger partial charge in [-0.15, -0.1) is 0 Å². The Morgan fingerprint density at radius 1 is 1.08 bits per heavy atom. The molecule has 25 heavy (non-hydrogen) atoms. The largest absolute Gasteiger partial charge is 0.416 e. The minimum absolute atomic E-state index is 0.0554. The third kappa shape index (κ3) is 3.74. The predicted molar refractivity (Wildman–Crippen MR) is 93.5 cm³/mol. The Kier molecular flexibility index (Phi) is 4.66. The number of hydrogen-bond donors (Lipinski definition) is 0. The molecule has 128 valence electrons. The van der Waals surface area contributed by atoms with Gasteiger partial charge in [-0.2, -0.15) is 13.2 Å². The van der Waals surface area contributed by atoms with Gasteiger partial charge in [0.2, 0.25) is 0 Å². The molecular formula is C17H9F4NOS2. The van der Waals surface area contributed by atoms with Crippen molar-refractivity contribution in [3.05, 3.63) is 70.4 Å². The minimum Gasteiger partial charge on any atom is -0.268 e. The monoisotopic (exact) mass is 383 g/mol. The first-order valence-electron chi connectivity index (χ1n) is 6.96. The third-order valence-corrected chi connectivity index (χ3v) is 4.70. The molecule has 8 heteroatoms. The molecule has 0 N–H and O–H groups in total. The van der Waals surface area contributed by atoms with Crippen LogP contribution in [-0.4, -0.2) is 10.2 Å². The van der Waals surface area contributed by atoms with Crippen molar-refractivity contribution in [3.8, 4) is 0 Å². The molecule has 0 bridgehead atoms. The van der Waals surface area contributed by atoms with Crippen LogP contribution in [0.4, 0.5) is 23.2 Å². The molecule has 0 saturated carbocycles. The van der Waals surface area contributed by atoms with Crippen LogP contribution >= 0.6 is 24.0 Å². The minimum atomic E-state index is -4.51. The third-order valence-electron chi connectivity index (χ3n) is 3.39. The summed E-state index contributed by atoms with van der Waals surface area (Å²) in [7, 11) is 0. The van der Waals surface area contributed by atoms with Gasteiger partial charge in [0.25, 0.3) is 5.91 Å². The first-order chi connectivity index (χ1) is 11.8. The number of carbonyl (C=O) groups excluding carboxylic acids is 1. The smallest absolute Gasteiger partial charge is 0.268 e. The quantitative estimate of drug-likeness (QED) is 0.401. The topological polar surface area (TPSA) is 20.3 Å². The lowest BCUT2D eigenvalue weighted by Crippen LogP contribution is -2.27. The van der Waals surface area contributed by atoms with E-state index in [-0.39, 0.29) is 14.9 Å². The number of carbonyl (C=O) groups is 1. The van der Waals surface area contributed by atoms with Crippen molar-refractivity contribution in [1.82, 2.24) is 0 Å². The average Bonchev–Trinajstić information content (AvgIpc) is 2.83. The van der Waals surface area contributed by atoms with Gasteiger partial charge in [-0.05, 0) is 42.0 Å². The summed E-state index contributed by atoms with van der Waals surface area (Å²) in [5.74, 6) is -0.924. The summed E-state index contributed by atoms with van der Waals surface area (Å²) in [6, 6.07) is 9.90. The van der Waals surface area contributed by atoms with Crippen molar-refractivity contribution >= 4 is 46.0 Å². The van der Waals surface area contributed by atoms with Gasteiger partial charge in [-0.25, -0.2) is 4.39 Å². The van der Waals surface area contributed by atoms with Crippen molar-refractivity contribution < 1.29 is 22.4 Å². The lowest BCUT2D eigenvalue weighted by molar-refractivity contribution is -0.137. The predicted octanol–water partition coefficient (Wildman–Crippen LogP) is 5.25. The van der Waals surface area contributed by atoms with Crippen LogP contribution in [0.1, 0.15) is 11.1 Å². The molecule has 2 aromatic carbocycles. The summed E-state index contributed by atoms with van der Waals surface area (Å²) in [6.45, 7) is 0. The van der Waals surface area contributed by atoms with Crippen molar-refractivity contribution in [3.63, 3.8) is 0 Å². The van der Waals surface area contributed by atoms with Crippen molar-refractivity contribution in [2.45, 2.75) is 6.18 Å². The molecule has 0 aromatic heterocycles. The number of amides is 1. The van der Waals surface area contributed by atoms with Crippen molar-refractivity contribution in [2.75, 3.05) is 4.90 Å². The molecule has 1 saturated heterocycles.